The van der Waals surface area contributed by atoms with Crippen molar-refractivity contribution in [1.82, 2.24) is 4.98 Å². The molecule has 1 atom stereocenters. The summed E-state index contributed by atoms with van der Waals surface area (Å²) in [7, 11) is 1.70. The van der Waals surface area contributed by atoms with E-state index in [0.717, 1.165) is 30.5 Å². The fourth-order valence-electron chi connectivity index (χ4n) is 3.52. The number of aryl methyl sites for hydroxylation is 1. The third kappa shape index (κ3) is 6.59. The van der Waals surface area contributed by atoms with Crippen molar-refractivity contribution in [3.8, 4) is 0 Å². The maximum atomic E-state index is 12.4. The van der Waals surface area contributed by atoms with E-state index in [0.29, 0.717) is 24.0 Å². The Morgan fingerprint density at radius 3 is 2.64 bits per heavy atom. The first-order valence-electron chi connectivity index (χ1n) is 10.4. The van der Waals surface area contributed by atoms with Crippen LogP contribution in [0.2, 0.25) is 0 Å². The summed E-state index contributed by atoms with van der Waals surface area (Å²) in [5, 5.41) is 3.28. The summed E-state index contributed by atoms with van der Waals surface area (Å²) in [5.74, 6) is 0.153. The van der Waals surface area contributed by atoms with Crippen molar-refractivity contribution in [3.63, 3.8) is 0 Å². The van der Waals surface area contributed by atoms with Gasteiger partial charge in [-0.15, -0.1) is 0 Å². The first-order chi connectivity index (χ1) is 13.4. The average molecular weight is 390 g/mol. The molecule has 1 unspecified atom stereocenters. The van der Waals surface area contributed by atoms with E-state index in [9.17, 15) is 4.79 Å². The molecule has 0 bridgehead atoms. The number of esters is 1. The molecule has 0 radical (unpaired) electrons. The molecule has 1 fully saturated rings. The van der Waals surface area contributed by atoms with Crippen molar-refractivity contribution in [1.29, 1.82) is 0 Å². The summed E-state index contributed by atoms with van der Waals surface area (Å²) in [6, 6.07) is 2.22. The third-order valence-corrected chi connectivity index (χ3v) is 4.98. The van der Waals surface area contributed by atoms with Crippen molar-refractivity contribution in [2.45, 2.75) is 84.5 Å². The van der Waals surface area contributed by atoms with Gasteiger partial charge in [-0.1, -0.05) is 26.2 Å². The normalized spacial score (nSPS) is 16.9. The largest absolute Gasteiger partial charge is 0.459 e. The topological polar surface area (TPSA) is 72.8 Å². The summed E-state index contributed by atoms with van der Waals surface area (Å²) >= 11 is 0. The van der Waals surface area contributed by atoms with Crippen LogP contribution in [-0.2, 0) is 9.47 Å². The average Bonchev–Trinajstić information content (AvgIpc) is 2.68. The van der Waals surface area contributed by atoms with Gasteiger partial charge in [0.25, 0.3) is 0 Å². The second kappa shape index (κ2) is 11.1. The second-order valence-electron chi connectivity index (χ2n) is 7.73. The molecule has 0 aliphatic heterocycles. The van der Waals surface area contributed by atoms with Crippen LogP contribution in [0.1, 0.15) is 75.2 Å². The lowest BCUT2D eigenvalue weighted by molar-refractivity contribution is 0.0378. The molecule has 2 rings (SSSR count). The number of hydrogen-bond donors (Lipinski definition) is 1. The fourth-order valence-corrected chi connectivity index (χ4v) is 3.52. The van der Waals surface area contributed by atoms with Crippen LogP contribution < -0.4 is 5.32 Å². The highest BCUT2D eigenvalue weighted by Crippen LogP contribution is 2.22. The first kappa shape index (κ1) is 22.3. The van der Waals surface area contributed by atoms with Gasteiger partial charge < -0.3 is 14.8 Å². The number of ether oxygens (including phenoxy) is 2. The number of aromatic nitrogens is 1. The number of carbonyl (C=O) groups is 1. The summed E-state index contributed by atoms with van der Waals surface area (Å²) < 4.78 is 11.1. The Morgan fingerprint density at radius 1 is 1.32 bits per heavy atom. The van der Waals surface area contributed by atoms with Gasteiger partial charge in [-0.2, -0.15) is 0 Å². The number of anilines is 1. The lowest BCUT2D eigenvalue weighted by Gasteiger charge is -2.23. The van der Waals surface area contributed by atoms with E-state index in [1.165, 1.54) is 19.3 Å². The van der Waals surface area contributed by atoms with E-state index >= 15 is 0 Å². The van der Waals surface area contributed by atoms with Gasteiger partial charge in [0.15, 0.2) is 0 Å². The van der Waals surface area contributed by atoms with Crippen LogP contribution in [0.5, 0.6) is 0 Å². The van der Waals surface area contributed by atoms with E-state index in [1.54, 1.807) is 19.4 Å². The lowest BCUT2D eigenvalue weighted by atomic mass is 9.95. The minimum atomic E-state index is -0.366. The predicted molar refractivity (Wildman–Crippen MR) is 113 cm³/mol. The van der Waals surface area contributed by atoms with E-state index in [4.69, 9.17) is 14.5 Å². The molecule has 0 spiro atoms. The summed E-state index contributed by atoms with van der Waals surface area (Å²) in [6.07, 6.45) is 8.43. The van der Waals surface area contributed by atoms with Gasteiger partial charge in [0, 0.05) is 31.6 Å². The molecule has 156 valence electrons. The quantitative estimate of drug-likeness (QED) is 0.495. The molecule has 0 aromatic carbocycles. The Balaban J connectivity index is 2.11. The minimum Gasteiger partial charge on any atom is -0.459 e. The maximum absolute atomic E-state index is 12.4. The molecule has 1 aliphatic rings. The SMILES string of the molecule is CCC(=NC1CCCCC1)C(CNc1ncc(C)cc1C(=O)OC(C)C)OC. The highest BCUT2D eigenvalue weighted by Gasteiger charge is 2.21. The molecule has 0 saturated heterocycles. The van der Waals surface area contributed by atoms with Gasteiger partial charge in [0.2, 0.25) is 0 Å². The van der Waals surface area contributed by atoms with Gasteiger partial charge in [-0.3, -0.25) is 4.99 Å². The first-order valence-corrected chi connectivity index (χ1v) is 10.4. The van der Waals surface area contributed by atoms with Crippen molar-refractivity contribution >= 4 is 17.5 Å². The van der Waals surface area contributed by atoms with Gasteiger partial charge in [0.05, 0.1) is 6.10 Å². The molecular formula is C22H35N3O3. The van der Waals surface area contributed by atoms with Crippen LogP contribution in [0.3, 0.4) is 0 Å². The standard InChI is InChI=1S/C22H35N3O3/c1-6-19(25-17-10-8-7-9-11-17)20(27-5)14-24-21-18(12-16(4)13-23-21)22(26)28-15(2)3/h12-13,15,17,20H,6-11,14H2,1-5H3,(H,23,24). The molecule has 1 heterocycles. The Morgan fingerprint density at radius 2 is 2.04 bits per heavy atom. The number of pyridine rings is 1. The van der Waals surface area contributed by atoms with E-state index < -0.39 is 0 Å². The molecule has 0 amide bonds. The van der Waals surface area contributed by atoms with Crippen LogP contribution in [0.25, 0.3) is 0 Å². The second-order valence-corrected chi connectivity index (χ2v) is 7.73. The van der Waals surface area contributed by atoms with Gasteiger partial charge >= 0.3 is 5.97 Å². The molecule has 28 heavy (non-hydrogen) atoms. The number of carbonyl (C=O) groups excluding carboxylic acids is 1. The molecule has 1 aliphatic carbocycles. The van der Waals surface area contributed by atoms with E-state index in [1.807, 2.05) is 20.8 Å². The van der Waals surface area contributed by atoms with Crippen molar-refractivity contribution in [2.24, 2.45) is 4.99 Å². The molecule has 1 aromatic rings. The minimum absolute atomic E-state index is 0.149. The number of hydrogen-bond acceptors (Lipinski definition) is 6. The molecule has 1 saturated carbocycles. The summed E-state index contributed by atoms with van der Waals surface area (Å²) in [6.45, 7) is 8.21. The maximum Gasteiger partial charge on any atom is 0.342 e. The third-order valence-electron chi connectivity index (χ3n) is 4.98. The zero-order valence-corrected chi connectivity index (χ0v) is 18.0. The van der Waals surface area contributed by atoms with Gasteiger partial charge in [-0.05, 0) is 51.7 Å². The van der Waals surface area contributed by atoms with Crippen LogP contribution in [0.15, 0.2) is 17.3 Å². The summed E-state index contributed by atoms with van der Waals surface area (Å²) in [5.41, 5.74) is 2.43. The van der Waals surface area contributed by atoms with Gasteiger partial charge in [0.1, 0.15) is 17.5 Å². The van der Waals surface area contributed by atoms with Crippen molar-refractivity contribution < 1.29 is 14.3 Å². The lowest BCUT2D eigenvalue weighted by Crippen LogP contribution is -2.32. The van der Waals surface area contributed by atoms with Crippen LogP contribution >= 0.6 is 0 Å². The number of nitrogens with one attached hydrogen (secondary N) is 1. The fraction of sp³-hybridized carbons (Fsp3) is 0.682. The zero-order valence-electron chi connectivity index (χ0n) is 18.0. The Kier molecular flexibility index (Phi) is 8.90. The van der Waals surface area contributed by atoms with E-state index in [2.05, 4.69) is 17.2 Å². The number of aliphatic imine (C=N–C) groups is 1. The Labute approximate surface area is 169 Å². The molecule has 1 aromatic heterocycles. The number of methoxy groups -OCH3 is 1. The highest BCUT2D eigenvalue weighted by atomic mass is 16.5. The summed E-state index contributed by atoms with van der Waals surface area (Å²) in [4.78, 5) is 21.8. The van der Waals surface area contributed by atoms with Gasteiger partial charge in [-0.25, -0.2) is 9.78 Å². The monoisotopic (exact) mass is 389 g/mol. The van der Waals surface area contributed by atoms with Crippen molar-refractivity contribution in [3.05, 3.63) is 23.4 Å². The zero-order chi connectivity index (χ0) is 20.5. The number of nitrogens with zero attached hydrogens (tertiary/aromatic N) is 2. The molecule has 1 N–H and O–H groups in total. The van der Waals surface area contributed by atoms with Crippen LogP contribution in [0, 0.1) is 6.92 Å². The molecular weight excluding hydrogens is 354 g/mol. The predicted octanol–water partition coefficient (Wildman–Crippen LogP) is 4.57. The Bertz CT molecular complexity index is 667. The van der Waals surface area contributed by atoms with Crippen LogP contribution in [-0.4, -0.2) is 48.6 Å². The number of rotatable bonds is 9. The molecule has 6 heteroatoms. The van der Waals surface area contributed by atoms with E-state index in [-0.39, 0.29) is 18.2 Å². The van der Waals surface area contributed by atoms with Crippen molar-refractivity contribution in [2.75, 3.05) is 19.0 Å². The highest BCUT2D eigenvalue weighted by molar-refractivity contribution is 5.95. The molecule has 6 nitrogen and oxygen atoms in total. The Hall–Kier alpha value is -1.95. The van der Waals surface area contributed by atoms with Crippen LogP contribution in [0.4, 0.5) is 5.82 Å². The smallest absolute Gasteiger partial charge is 0.342 e.